The van der Waals surface area contributed by atoms with Crippen molar-refractivity contribution in [1.82, 2.24) is 0 Å². The fourth-order valence-electron chi connectivity index (χ4n) is 0. The van der Waals surface area contributed by atoms with Crippen molar-refractivity contribution < 1.29 is 9.46 Å². The van der Waals surface area contributed by atoms with Gasteiger partial charge in [-0.15, -0.1) is 0 Å². The van der Waals surface area contributed by atoms with Crippen LogP contribution in [-0.4, -0.2) is 11.6 Å². The van der Waals surface area contributed by atoms with Crippen molar-refractivity contribution in [3.63, 3.8) is 0 Å². The molecular formula is C2H9O2P. The molecule has 0 saturated heterocycles. The Morgan fingerprint density at radius 1 is 1.80 bits per heavy atom. The van der Waals surface area contributed by atoms with E-state index in [0.29, 0.717) is 0 Å². The molecule has 0 amide bonds. The SMILES string of the molecule is C.C[PH](=O)O. The third kappa shape index (κ3) is 557. The van der Waals surface area contributed by atoms with Crippen LogP contribution in [0.3, 0.4) is 0 Å². The maximum Gasteiger partial charge on any atom is 0.186 e. The van der Waals surface area contributed by atoms with Crippen LogP contribution in [0, 0.1) is 0 Å². The summed E-state index contributed by atoms with van der Waals surface area (Å²) in [5.41, 5.74) is 0. The fraction of sp³-hybridized carbons (Fsp3) is 1.00. The zero-order valence-corrected chi connectivity index (χ0v) is 3.36. The molecule has 0 spiro atoms. The van der Waals surface area contributed by atoms with Crippen LogP contribution in [0.25, 0.3) is 0 Å². The van der Waals surface area contributed by atoms with Gasteiger partial charge in [0.2, 0.25) is 0 Å². The number of hydrogen-bond acceptors (Lipinski definition) is 1. The summed E-state index contributed by atoms with van der Waals surface area (Å²) in [7, 11) is -2.13. The summed E-state index contributed by atoms with van der Waals surface area (Å²) < 4.78 is 9.19. The zero-order chi connectivity index (χ0) is 3.58. The molecule has 0 bridgehead atoms. The first-order valence-electron chi connectivity index (χ1n) is 0.928. The fourth-order valence-corrected chi connectivity index (χ4v) is 0. The number of hydrogen-bond donors (Lipinski definition) is 1. The van der Waals surface area contributed by atoms with Crippen LogP contribution in [-0.2, 0) is 4.57 Å². The molecule has 1 unspecified atom stereocenters. The van der Waals surface area contributed by atoms with Crippen molar-refractivity contribution in [3.8, 4) is 0 Å². The van der Waals surface area contributed by atoms with Crippen molar-refractivity contribution in [2.24, 2.45) is 0 Å². The molecule has 1 N–H and O–H groups in total. The normalized spacial score (nSPS) is 12.4. The average molecular weight is 96.1 g/mol. The highest BCUT2D eigenvalue weighted by molar-refractivity contribution is 7.36. The summed E-state index contributed by atoms with van der Waals surface area (Å²) in [6.07, 6.45) is 0. The highest BCUT2D eigenvalue weighted by Gasteiger charge is 1.60. The Hall–Kier alpha value is 0.190. The minimum absolute atomic E-state index is 0. The lowest BCUT2D eigenvalue weighted by atomic mass is 12.0. The van der Waals surface area contributed by atoms with E-state index in [-0.39, 0.29) is 7.43 Å². The van der Waals surface area contributed by atoms with Crippen LogP contribution in [0.4, 0.5) is 0 Å². The minimum atomic E-state index is -2.13. The van der Waals surface area contributed by atoms with Gasteiger partial charge in [-0.3, -0.25) is 4.57 Å². The molecule has 34 valence electrons. The van der Waals surface area contributed by atoms with Crippen molar-refractivity contribution in [3.05, 3.63) is 0 Å². The van der Waals surface area contributed by atoms with Gasteiger partial charge in [-0.1, -0.05) is 7.43 Å². The van der Waals surface area contributed by atoms with Crippen LogP contribution >= 0.6 is 8.03 Å². The predicted octanol–water partition coefficient (Wildman–Crippen LogP) is 0.719. The Morgan fingerprint density at radius 3 is 1.80 bits per heavy atom. The summed E-state index contributed by atoms with van der Waals surface area (Å²) in [6, 6.07) is 0. The molecular weight excluding hydrogens is 87.0 g/mol. The van der Waals surface area contributed by atoms with Crippen molar-refractivity contribution in [1.29, 1.82) is 0 Å². The summed E-state index contributed by atoms with van der Waals surface area (Å²) in [5, 5.41) is 0. The molecule has 0 aromatic heterocycles. The molecule has 0 aromatic rings. The lowest BCUT2D eigenvalue weighted by Gasteiger charge is -1.61. The molecule has 0 fully saturated rings. The average Bonchev–Trinajstić information content (AvgIpc) is 0.811. The highest BCUT2D eigenvalue weighted by atomic mass is 31.1. The highest BCUT2D eigenvalue weighted by Crippen LogP contribution is 1.99. The van der Waals surface area contributed by atoms with Gasteiger partial charge in [-0.2, -0.15) is 0 Å². The first kappa shape index (κ1) is 8.95. The van der Waals surface area contributed by atoms with E-state index in [9.17, 15) is 4.57 Å². The maximum absolute atomic E-state index is 9.19. The van der Waals surface area contributed by atoms with E-state index in [1.54, 1.807) is 0 Å². The van der Waals surface area contributed by atoms with Crippen LogP contribution in [0.1, 0.15) is 7.43 Å². The molecule has 2 nitrogen and oxygen atoms in total. The van der Waals surface area contributed by atoms with Gasteiger partial charge in [0.25, 0.3) is 0 Å². The van der Waals surface area contributed by atoms with Gasteiger partial charge in [-0.05, 0) is 0 Å². The molecule has 0 aliphatic carbocycles. The molecule has 1 atom stereocenters. The van der Waals surface area contributed by atoms with E-state index in [4.69, 9.17) is 4.89 Å². The second-order valence-corrected chi connectivity index (χ2v) is 1.56. The maximum atomic E-state index is 9.19. The lowest BCUT2D eigenvalue weighted by Crippen LogP contribution is -1.35. The summed E-state index contributed by atoms with van der Waals surface area (Å²) in [5.74, 6) is 0. The van der Waals surface area contributed by atoms with Gasteiger partial charge in [0.15, 0.2) is 8.03 Å². The molecule has 0 radical (unpaired) electrons. The van der Waals surface area contributed by atoms with Crippen molar-refractivity contribution in [2.45, 2.75) is 7.43 Å². The van der Waals surface area contributed by atoms with Gasteiger partial charge in [-0.25, -0.2) is 0 Å². The first-order valence-corrected chi connectivity index (χ1v) is 2.78. The largest absolute Gasteiger partial charge is 0.346 e. The number of rotatable bonds is 0. The van der Waals surface area contributed by atoms with Gasteiger partial charge in [0.05, 0.1) is 0 Å². The molecule has 0 saturated carbocycles. The van der Waals surface area contributed by atoms with Crippen LogP contribution in [0.2, 0.25) is 0 Å². The second kappa shape index (κ2) is 4.19. The second-order valence-electron chi connectivity index (χ2n) is 0.519. The Labute approximate surface area is 32.7 Å². The van der Waals surface area contributed by atoms with Gasteiger partial charge >= 0.3 is 0 Å². The standard InChI is InChI=1S/CH5O2P.CH4/c1-4(2)3;/h4H,1H3,(H,2,3);1H4. The molecule has 3 heteroatoms. The summed E-state index contributed by atoms with van der Waals surface area (Å²) in [6.45, 7) is 1.27. The van der Waals surface area contributed by atoms with E-state index in [1.807, 2.05) is 0 Å². The van der Waals surface area contributed by atoms with E-state index in [2.05, 4.69) is 0 Å². The van der Waals surface area contributed by atoms with E-state index in [1.165, 1.54) is 6.66 Å². The lowest BCUT2D eigenvalue weighted by molar-refractivity contribution is 0.509. The van der Waals surface area contributed by atoms with Crippen LogP contribution in [0.5, 0.6) is 0 Å². The Morgan fingerprint density at radius 2 is 1.80 bits per heavy atom. The Bertz CT molecular complexity index is 30.6. The smallest absolute Gasteiger partial charge is 0.186 e. The molecule has 0 aliphatic heterocycles. The van der Waals surface area contributed by atoms with E-state index < -0.39 is 8.03 Å². The molecule has 0 aliphatic rings. The van der Waals surface area contributed by atoms with Crippen LogP contribution in [0.15, 0.2) is 0 Å². The molecule has 0 aromatic carbocycles. The first-order chi connectivity index (χ1) is 1.73. The van der Waals surface area contributed by atoms with Crippen molar-refractivity contribution in [2.75, 3.05) is 6.66 Å². The zero-order valence-electron chi connectivity index (χ0n) is 2.36. The third-order valence-corrected chi connectivity index (χ3v) is 0. The predicted molar refractivity (Wildman–Crippen MR) is 23.9 cm³/mol. The molecule has 0 rings (SSSR count). The third-order valence-electron chi connectivity index (χ3n) is 0. The molecule has 5 heavy (non-hydrogen) atoms. The van der Waals surface area contributed by atoms with E-state index >= 15 is 0 Å². The summed E-state index contributed by atoms with van der Waals surface area (Å²) in [4.78, 5) is 7.60. The van der Waals surface area contributed by atoms with Crippen molar-refractivity contribution >= 4 is 8.03 Å². The topological polar surface area (TPSA) is 37.3 Å². The quantitative estimate of drug-likeness (QED) is 0.451. The summed E-state index contributed by atoms with van der Waals surface area (Å²) >= 11 is 0. The van der Waals surface area contributed by atoms with Gasteiger partial charge < -0.3 is 4.89 Å². The monoisotopic (exact) mass is 96.0 g/mol. The molecule has 0 heterocycles. The van der Waals surface area contributed by atoms with E-state index in [0.717, 1.165) is 0 Å². The minimum Gasteiger partial charge on any atom is -0.346 e. The Balaban J connectivity index is 0. The Kier molecular flexibility index (Phi) is 7.50. The van der Waals surface area contributed by atoms with Gasteiger partial charge in [0.1, 0.15) is 0 Å². The van der Waals surface area contributed by atoms with Crippen LogP contribution < -0.4 is 0 Å². The van der Waals surface area contributed by atoms with Gasteiger partial charge in [0, 0.05) is 6.66 Å².